The van der Waals surface area contributed by atoms with Crippen LogP contribution in [-0.2, 0) is 13.1 Å². The summed E-state index contributed by atoms with van der Waals surface area (Å²) in [5.41, 5.74) is 0.501. The fraction of sp³-hybridized carbons (Fsp3) is 0.150. The number of amides is 1. The van der Waals surface area contributed by atoms with Crippen molar-refractivity contribution in [3.05, 3.63) is 91.1 Å². The van der Waals surface area contributed by atoms with Crippen LogP contribution in [0.5, 0.6) is 5.75 Å². The first-order valence-corrected chi connectivity index (χ1v) is 9.63. The van der Waals surface area contributed by atoms with E-state index in [-0.39, 0.29) is 22.8 Å². The minimum atomic E-state index is -0.592. The summed E-state index contributed by atoms with van der Waals surface area (Å²) in [6.45, 7) is 0.578. The van der Waals surface area contributed by atoms with Crippen LogP contribution in [0, 0.1) is 10.1 Å². The summed E-state index contributed by atoms with van der Waals surface area (Å²) in [6.07, 6.45) is 0. The molecule has 3 rings (SSSR count). The monoisotopic (exact) mass is 416 g/mol. The van der Waals surface area contributed by atoms with Gasteiger partial charge in [0.15, 0.2) is 0 Å². The van der Waals surface area contributed by atoms with Crippen LogP contribution in [0.15, 0.2) is 60.0 Å². The Kier molecular flexibility index (Phi) is 6.28. The highest BCUT2D eigenvalue weighted by Crippen LogP contribution is 2.28. The number of halogens is 1. The van der Waals surface area contributed by atoms with Crippen LogP contribution in [0.3, 0.4) is 0 Å². The number of ether oxygens (including phenoxy) is 1. The lowest BCUT2D eigenvalue weighted by Crippen LogP contribution is -2.30. The van der Waals surface area contributed by atoms with E-state index in [2.05, 4.69) is 0 Å². The lowest BCUT2D eigenvalue weighted by atomic mass is 10.1. The molecule has 0 saturated heterocycles. The van der Waals surface area contributed by atoms with Crippen LogP contribution in [0.4, 0.5) is 5.69 Å². The van der Waals surface area contributed by atoms with Crippen molar-refractivity contribution in [1.29, 1.82) is 0 Å². The molecule has 0 N–H and O–H groups in total. The van der Waals surface area contributed by atoms with E-state index in [1.54, 1.807) is 12.0 Å². The number of hydrogen-bond donors (Lipinski definition) is 0. The molecule has 28 heavy (non-hydrogen) atoms. The zero-order chi connectivity index (χ0) is 20.1. The van der Waals surface area contributed by atoms with Crippen molar-refractivity contribution in [1.82, 2.24) is 4.90 Å². The van der Waals surface area contributed by atoms with Gasteiger partial charge in [0, 0.05) is 21.5 Å². The highest BCUT2D eigenvalue weighted by Gasteiger charge is 2.26. The first-order chi connectivity index (χ1) is 13.5. The second kappa shape index (κ2) is 8.86. The molecule has 0 unspecified atom stereocenters. The summed E-state index contributed by atoms with van der Waals surface area (Å²) in [6, 6.07) is 15.3. The summed E-state index contributed by atoms with van der Waals surface area (Å²) in [4.78, 5) is 26.6. The third kappa shape index (κ3) is 4.49. The number of methoxy groups -OCH3 is 1. The molecule has 0 aliphatic carbocycles. The molecule has 0 bridgehead atoms. The maximum Gasteiger partial charge on any atom is 0.283 e. The van der Waals surface area contributed by atoms with Gasteiger partial charge in [-0.05, 0) is 29.6 Å². The van der Waals surface area contributed by atoms with Gasteiger partial charge in [-0.25, -0.2) is 0 Å². The predicted molar refractivity (Wildman–Crippen MR) is 109 cm³/mol. The maximum absolute atomic E-state index is 13.3. The predicted octanol–water partition coefficient (Wildman–Crippen LogP) is 5.16. The molecule has 144 valence electrons. The van der Waals surface area contributed by atoms with Gasteiger partial charge in [0.2, 0.25) is 0 Å². The van der Waals surface area contributed by atoms with Gasteiger partial charge in [-0.1, -0.05) is 35.9 Å². The molecule has 8 heteroatoms. The largest absolute Gasteiger partial charge is 0.496 e. The zero-order valence-electron chi connectivity index (χ0n) is 15.0. The average Bonchev–Trinajstić information content (AvgIpc) is 3.20. The topological polar surface area (TPSA) is 72.7 Å². The van der Waals surface area contributed by atoms with Crippen LogP contribution >= 0.6 is 22.9 Å². The lowest BCUT2D eigenvalue weighted by molar-refractivity contribution is -0.385. The van der Waals surface area contributed by atoms with Crippen LogP contribution in [0.2, 0.25) is 5.02 Å². The number of para-hydroxylation sites is 1. The molecule has 0 fully saturated rings. The van der Waals surface area contributed by atoms with Gasteiger partial charge in [-0.15, -0.1) is 11.3 Å². The molecule has 0 saturated carbocycles. The van der Waals surface area contributed by atoms with Gasteiger partial charge < -0.3 is 9.64 Å². The van der Waals surface area contributed by atoms with Crippen LogP contribution in [-0.4, -0.2) is 22.8 Å². The molecule has 0 atom stereocenters. The SMILES string of the molecule is COc1ccccc1CN(Cc1cccs1)C(=O)c1ccc(Cl)cc1[N+](=O)[O-]. The fourth-order valence-corrected chi connectivity index (χ4v) is 3.72. The molecule has 1 heterocycles. The molecule has 0 aliphatic rings. The van der Waals surface area contributed by atoms with Gasteiger partial charge >= 0.3 is 0 Å². The van der Waals surface area contributed by atoms with Crippen LogP contribution in [0.25, 0.3) is 0 Å². The minimum absolute atomic E-state index is 0.000791. The average molecular weight is 417 g/mol. The number of rotatable bonds is 7. The highest BCUT2D eigenvalue weighted by atomic mass is 35.5. The second-order valence-corrected chi connectivity index (χ2v) is 7.44. The highest BCUT2D eigenvalue weighted by molar-refractivity contribution is 7.09. The van der Waals surface area contributed by atoms with Gasteiger partial charge in [-0.2, -0.15) is 0 Å². The van der Waals surface area contributed by atoms with E-state index in [0.29, 0.717) is 12.3 Å². The van der Waals surface area contributed by atoms with Crippen molar-refractivity contribution >= 4 is 34.5 Å². The van der Waals surface area contributed by atoms with Crippen molar-refractivity contribution < 1.29 is 14.5 Å². The Labute approximate surface area is 171 Å². The summed E-state index contributed by atoms with van der Waals surface area (Å²) < 4.78 is 5.38. The molecule has 0 spiro atoms. The van der Waals surface area contributed by atoms with E-state index < -0.39 is 10.8 Å². The quantitative estimate of drug-likeness (QED) is 0.394. The third-order valence-electron chi connectivity index (χ3n) is 4.15. The van der Waals surface area contributed by atoms with Crippen molar-refractivity contribution in [2.75, 3.05) is 7.11 Å². The van der Waals surface area contributed by atoms with Crippen LogP contribution < -0.4 is 4.74 Å². The summed E-state index contributed by atoms with van der Waals surface area (Å²) in [5, 5.41) is 13.6. The second-order valence-electron chi connectivity index (χ2n) is 5.97. The molecule has 1 amide bonds. The first-order valence-electron chi connectivity index (χ1n) is 8.37. The maximum atomic E-state index is 13.3. The van der Waals surface area contributed by atoms with Gasteiger partial charge in [0.25, 0.3) is 11.6 Å². The third-order valence-corrected chi connectivity index (χ3v) is 5.25. The van der Waals surface area contributed by atoms with Gasteiger partial charge in [0.1, 0.15) is 11.3 Å². The molecular formula is C20H17ClN2O4S. The van der Waals surface area contributed by atoms with Crippen molar-refractivity contribution in [3.63, 3.8) is 0 Å². The standard InChI is InChI=1S/C20H17ClN2O4S/c1-27-19-7-3-2-5-14(19)12-22(13-16-6-4-10-28-16)20(24)17-9-8-15(21)11-18(17)23(25)26/h2-11H,12-13H2,1H3. The molecule has 2 aromatic carbocycles. The number of thiophene rings is 1. The Hall–Kier alpha value is -2.90. The van der Waals surface area contributed by atoms with Crippen molar-refractivity contribution in [2.24, 2.45) is 0 Å². The molecule has 3 aromatic rings. The van der Waals surface area contributed by atoms with Crippen molar-refractivity contribution in [3.8, 4) is 5.75 Å². The fourth-order valence-electron chi connectivity index (χ4n) is 2.84. The summed E-state index contributed by atoms with van der Waals surface area (Å²) in [7, 11) is 1.56. The van der Waals surface area contributed by atoms with E-state index in [4.69, 9.17) is 16.3 Å². The number of nitro groups is 1. The first kappa shape index (κ1) is 19.9. The minimum Gasteiger partial charge on any atom is -0.496 e. The van der Waals surface area contributed by atoms with E-state index in [0.717, 1.165) is 10.4 Å². The molecule has 0 radical (unpaired) electrons. The Morgan fingerprint density at radius 3 is 2.64 bits per heavy atom. The normalized spacial score (nSPS) is 10.5. The number of carbonyl (C=O) groups excluding carboxylic acids is 1. The van der Waals surface area contributed by atoms with E-state index in [1.165, 1.54) is 29.5 Å². The molecule has 0 aliphatic heterocycles. The Morgan fingerprint density at radius 2 is 1.96 bits per heavy atom. The lowest BCUT2D eigenvalue weighted by Gasteiger charge is -2.23. The molecule has 6 nitrogen and oxygen atoms in total. The summed E-state index contributed by atoms with van der Waals surface area (Å²) >= 11 is 7.40. The van der Waals surface area contributed by atoms with Gasteiger partial charge in [0.05, 0.1) is 25.1 Å². The van der Waals surface area contributed by atoms with E-state index >= 15 is 0 Å². The number of nitrogens with zero attached hydrogens (tertiary/aromatic N) is 2. The number of benzene rings is 2. The molecular weight excluding hydrogens is 400 g/mol. The Bertz CT molecular complexity index is 992. The Balaban J connectivity index is 1.99. The smallest absolute Gasteiger partial charge is 0.283 e. The Morgan fingerprint density at radius 1 is 1.18 bits per heavy atom. The number of nitro benzene ring substituents is 1. The van der Waals surface area contributed by atoms with Crippen LogP contribution in [0.1, 0.15) is 20.8 Å². The van der Waals surface area contributed by atoms with E-state index in [9.17, 15) is 14.9 Å². The number of hydrogen-bond acceptors (Lipinski definition) is 5. The molecule has 1 aromatic heterocycles. The zero-order valence-corrected chi connectivity index (χ0v) is 16.6. The number of carbonyl (C=O) groups is 1. The van der Waals surface area contributed by atoms with E-state index in [1.807, 2.05) is 41.8 Å². The van der Waals surface area contributed by atoms with Gasteiger partial charge in [-0.3, -0.25) is 14.9 Å². The van der Waals surface area contributed by atoms with Crippen molar-refractivity contribution in [2.45, 2.75) is 13.1 Å². The summed E-state index contributed by atoms with van der Waals surface area (Å²) in [5.74, 6) is 0.208.